The van der Waals surface area contributed by atoms with Crippen LogP contribution in [0.4, 0.5) is 0 Å². The molecule has 0 aromatic carbocycles. The number of aliphatic carboxylic acids is 2. The predicted molar refractivity (Wildman–Crippen MR) is 267 cm³/mol. The van der Waals surface area contributed by atoms with Gasteiger partial charge in [0.15, 0.2) is 0 Å². The Labute approximate surface area is 428 Å². The van der Waals surface area contributed by atoms with Gasteiger partial charge in [-0.15, -0.1) is 16.8 Å². The van der Waals surface area contributed by atoms with Crippen molar-refractivity contribution in [3.63, 3.8) is 0 Å². The zero-order chi connectivity index (χ0) is 51.5. The van der Waals surface area contributed by atoms with Crippen LogP contribution in [-0.2, 0) is 67.0 Å². The number of rotatable bonds is 28. The molecule has 0 spiro atoms. The summed E-state index contributed by atoms with van der Waals surface area (Å²) in [6.07, 6.45) is 4.75. The van der Waals surface area contributed by atoms with Gasteiger partial charge >= 0.3 is 17.9 Å². The van der Waals surface area contributed by atoms with Crippen molar-refractivity contribution >= 4 is 94.5 Å². The highest BCUT2D eigenvalue weighted by Gasteiger charge is 2.33. The van der Waals surface area contributed by atoms with Gasteiger partial charge in [-0.05, 0) is 38.6 Å². The maximum Gasteiger partial charge on any atom is 0.342 e. The van der Waals surface area contributed by atoms with Crippen LogP contribution in [0, 0.1) is 0 Å². The molecule has 406 valence electrons. The number of morpholine rings is 3. The number of carboxylic acids is 2. The van der Waals surface area contributed by atoms with Crippen molar-refractivity contribution in [1.29, 1.82) is 0 Å². The molecule has 27 heteroatoms. The number of carboxylic acid groups (broad SMARTS) is 2. The third-order valence-electron chi connectivity index (χ3n) is 10.5. The van der Waals surface area contributed by atoms with E-state index >= 15 is 0 Å². The number of hydroxylamine groups is 2. The quantitative estimate of drug-likeness (QED) is 0.0427. The molecule has 4 fully saturated rings. The number of carbonyl (C=O) groups is 10. The summed E-state index contributed by atoms with van der Waals surface area (Å²) < 4.78 is 15.6. The molecule has 0 radical (unpaired) electrons. The molecule has 7 amide bonds. The summed E-state index contributed by atoms with van der Waals surface area (Å²) >= 11 is 3.94. The van der Waals surface area contributed by atoms with E-state index in [2.05, 4.69) is 10.6 Å². The molecule has 24 nitrogen and oxygen atoms in total. The molecule has 0 aromatic rings. The molecule has 4 rings (SSSR count). The third kappa shape index (κ3) is 29.8. The van der Waals surface area contributed by atoms with Crippen molar-refractivity contribution in [1.82, 2.24) is 30.4 Å². The summed E-state index contributed by atoms with van der Waals surface area (Å²) in [6, 6.07) is -1.71. The van der Waals surface area contributed by atoms with E-state index in [-0.39, 0.29) is 73.5 Å². The molecule has 8 N–H and O–H groups in total. The highest BCUT2D eigenvalue weighted by atomic mass is 32.2. The minimum Gasteiger partial charge on any atom is -0.480 e. The number of thioether (sulfide) groups is 3. The van der Waals surface area contributed by atoms with Gasteiger partial charge in [-0.3, -0.25) is 38.4 Å². The Kier molecular flexibility index (Phi) is 35.8. The lowest BCUT2D eigenvalue weighted by molar-refractivity contribution is -0.195. The molecule has 0 aromatic heterocycles. The molecule has 71 heavy (non-hydrogen) atoms. The first-order valence-corrected chi connectivity index (χ1v) is 26.9. The van der Waals surface area contributed by atoms with Crippen LogP contribution in [0.25, 0.3) is 0 Å². The molecule has 4 aliphatic heterocycles. The van der Waals surface area contributed by atoms with Crippen LogP contribution in [0.5, 0.6) is 0 Å². The minimum absolute atomic E-state index is 0. The Morgan fingerprint density at radius 2 is 1.03 bits per heavy atom. The van der Waals surface area contributed by atoms with E-state index in [9.17, 15) is 53.1 Å². The lowest BCUT2D eigenvalue weighted by atomic mass is 10.1. The van der Waals surface area contributed by atoms with Crippen molar-refractivity contribution in [2.45, 2.75) is 90.1 Å². The SMILES string of the molecule is C.NCCCCC(N)C(=O)O.O=C(CSCCC(=O)N1CCOCC1)NCCCCC(NC(=O)CSCCC(=O)N1CCOCC1)C(=O)O.O=C(CSCCC(=O)N1CCOCC1)ON1C(=O)CCC1=O. The number of hydrogen-bond donors (Lipinski definition) is 6. The zero-order valence-electron chi connectivity index (χ0n) is 39.9. The van der Waals surface area contributed by atoms with Crippen molar-refractivity contribution in [2.24, 2.45) is 11.5 Å². The van der Waals surface area contributed by atoms with Crippen LogP contribution < -0.4 is 22.1 Å². The Morgan fingerprint density at radius 3 is 1.45 bits per heavy atom. The minimum atomic E-state index is -1.10. The van der Waals surface area contributed by atoms with Gasteiger partial charge in [0.2, 0.25) is 29.5 Å². The van der Waals surface area contributed by atoms with Crippen molar-refractivity contribution in [3.8, 4) is 0 Å². The number of hydrogen-bond acceptors (Lipinski definition) is 19. The molecular formula is C44H76N8O16S3. The number of nitrogens with one attached hydrogen (secondary N) is 2. The maximum atomic E-state index is 12.1. The van der Waals surface area contributed by atoms with Gasteiger partial charge in [0.05, 0.1) is 56.9 Å². The van der Waals surface area contributed by atoms with Gasteiger partial charge in [0.25, 0.3) is 11.8 Å². The summed E-state index contributed by atoms with van der Waals surface area (Å²) in [6.45, 7) is 7.98. The predicted octanol–water partition coefficient (Wildman–Crippen LogP) is -0.454. The van der Waals surface area contributed by atoms with Crippen LogP contribution in [0.1, 0.15) is 78.1 Å². The summed E-state index contributed by atoms with van der Waals surface area (Å²) in [5, 5.41) is 23.6. The van der Waals surface area contributed by atoms with Gasteiger partial charge in [-0.25, -0.2) is 9.59 Å². The summed E-state index contributed by atoms with van der Waals surface area (Å²) in [5.74, 6) is -2.14. The zero-order valence-corrected chi connectivity index (χ0v) is 42.3. The van der Waals surface area contributed by atoms with Crippen molar-refractivity contribution in [3.05, 3.63) is 0 Å². The molecule has 4 saturated heterocycles. The molecule has 0 aliphatic carbocycles. The van der Waals surface area contributed by atoms with Crippen LogP contribution in [-0.4, -0.2) is 228 Å². The van der Waals surface area contributed by atoms with E-state index in [1.54, 1.807) is 14.7 Å². The fourth-order valence-corrected chi connectivity index (χ4v) is 8.71. The lowest BCUT2D eigenvalue weighted by Crippen LogP contribution is -2.42. The number of ether oxygens (including phenoxy) is 3. The maximum absolute atomic E-state index is 12.1. The highest BCUT2D eigenvalue weighted by molar-refractivity contribution is 8.00. The Bertz CT molecular complexity index is 1650. The first-order chi connectivity index (χ1) is 33.6. The Morgan fingerprint density at radius 1 is 0.606 bits per heavy atom. The van der Waals surface area contributed by atoms with Crippen molar-refractivity contribution in [2.75, 3.05) is 127 Å². The molecule has 2 atom stereocenters. The van der Waals surface area contributed by atoms with Gasteiger partial charge in [0, 0.05) is 95.2 Å². The lowest BCUT2D eigenvalue weighted by Gasteiger charge is -2.26. The van der Waals surface area contributed by atoms with Crippen molar-refractivity contribution < 1.29 is 77.2 Å². The first kappa shape index (κ1) is 64.8. The van der Waals surface area contributed by atoms with E-state index in [1.807, 2.05) is 0 Å². The first-order valence-electron chi connectivity index (χ1n) is 23.5. The monoisotopic (exact) mass is 1070 g/mol. The van der Waals surface area contributed by atoms with E-state index in [4.69, 9.17) is 35.6 Å². The largest absolute Gasteiger partial charge is 0.480 e. The summed E-state index contributed by atoms with van der Waals surface area (Å²) in [4.78, 5) is 126. The summed E-state index contributed by atoms with van der Waals surface area (Å²) in [5.41, 5.74) is 10.4. The fraction of sp³-hybridized carbons (Fsp3) is 0.773. The Balaban J connectivity index is 0.000000639. The average Bonchev–Trinajstić information content (AvgIpc) is 3.68. The molecule has 0 bridgehead atoms. The second-order valence-corrected chi connectivity index (χ2v) is 19.3. The second kappa shape index (κ2) is 39.3. The topological polar surface area (TPSA) is 337 Å². The van der Waals surface area contributed by atoms with Crippen LogP contribution in [0.3, 0.4) is 0 Å². The standard InChI is InChI=1S/C24H40N4O8S2.C13H18N2O6S.C6H14N2O2.CH4/c29-20(17-37-15-4-22(31)27-7-11-35-12-8-27)25-6-2-1-3-19(24(33)34)26-21(30)18-38-16-5-23(32)28-9-13-36-14-10-28;16-10(14-4-6-20-7-5-14)3-8-22-9-13(19)21-15-11(17)1-2-12(15)18;7-4-2-1-3-5(8)6(9)10;/h19H,1-18H2,(H,25,29)(H,26,30)(H,33,34);1-9H2;5H,1-4,7-8H2,(H,9,10);1H4. The molecule has 4 aliphatic rings. The number of unbranched alkanes of at least 4 members (excludes halogenated alkanes) is 2. The number of nitrogens with two attached hydrogens (primary N) is 2. The number of carbonyl (C=O) groups excluding carboxylic acids is 8. The van der Waals surface area contributed by atoms with Gasteiger partial charge in [-0.2, -0.15) is 23.5 Å². The Hall–Kier alpha value is -4.25. The van der Waals surface area contributed by atoms with Crippen LogP contribution in [0.15, 0.2) is 0 Å². The third-order valence-corrected chi connectivity index (χ3v) is 13.4. The highest BCUT2D eigenvalue weighted by Crippen LogP contribution is 2.14. The summed E-state index contributed by atoms with van der Waals surface area (Å²) in [7, 11) is 0. The van der Waals surface area contributed by atoms with E-state index < -0.39 is 41.8 Å². The average molecular weight is 1070 g/mol. The van der Waals surface area contributed by atoms with Gasteiger partial charge in [-0.1, -0.05) is 13.8 Å². The van der Waals surface area contributed by atoms with Crippen LogP contribution >= 0.6 is 35.3 Å². The smallest absolute Gasteiger partial charge is 0.342 e. The van der Waals surface area contributed by atoms with E-state index in [0.29, 0.717) is 153 Å². The fourth-order valence-electron chi connectivity index (χ4n) is 6.54. The number of imide groups is 1. The molecular weight excluding hydrogens is 993 g/mol. The molecule has 2 unspecified atom stereocenters. The number of amides is 7. The van der Waals surface area contributed by atoms with E-state index in [0.717, 1.165) is 12.8 Å². The molecule has 0 saturated carbocycles. The number of nitrogens with zero attached hydrogens (tertiary/aromatic N) is 4. The second-order valence-electron chi connectivity index (χ2n) is 16.0. The molecule has 4 heterocycles. The van der Waals surface area contributed by atoms with Crippen LogP contribution in [0.2, 0.25) is 0 Å². The van der Waals surface area contributed by atoms with Gasteiger partial charge < -0.3 is 66.1 Å². The van der Waals surface area contributed by atoms with Gasteiger partial charge in [0.1, 0.15) is 12.1 Å². The normalized spacial score (nSPS) is 16.5. The van der Waals surface area contributed by atoms with E-state index in [1.165, 1.54) is 35.3 Å².